The predicted octanol–water partition coefficient (Wildman–Crippen LogP) is 2.31. The summed E-state index contributed by atoms with van der Waals surface area (Å²) in [7, 11) is -4.09. The molecule has 0 saturated carbocycles. The van der Waals surface area contributed by atoms with E-state index in [-0.39, 0.29) is 4.90 Å². The third kappa shape index (κ3) is 6.61. The van der Waals surface area contributed by atoms with E-state index in [0.717, 1.165) is 18.4 Å². The van der Waals surface area contributed by atoms with Crippen LogP contribution in [0.1, 0.15) is 33.6 Å². The van der Waals surface area contributed by atoms with Crippen LogP contribution in [0, 0.1) is 0 Å². The van der Waals surface area contributed by atoms with Crippen LogP contribution in [0.2, 0.25) is 0 Å². The summed E-state index contributed by atoms with van der Waals surface area (Å²) in [6.45, 7) is 4.80. The summed E-state index contributed by atoms with van der Waals surface area (Å²) in [6.07, 6.45) is 3.30. The Balaban J connectivity index is 3.11. The number of carboxylic acids is 1. The van der Waals surface area contributed by atoms with Gasteiger partial charge in [-0.3, -0.25) is 9.59 Å². The lowest BCUT2D eigenvalue weighted by Crippen LogP contribution is -2.43. The first-order valence-electron chi connectivity index (χ1n) is 8.40. The molecule has 1 aromatic rings. The smallest absolute Gasteiger partial charge is 0.318 e. The predicted molar refractivity (Wildman–Crippen MR) is 98.9 cm³/mol. The molecule has 1 amide bonds. The number of hydrogen-bond donors (Lipinski definition) is 1. The number of benzene rings is 1. The zero-order valence-corrected chi connectivity index (χ0v) is 16.2. The van der Waals surface area contributed by atoms with Crippen molar-refractivity contribution in [1.82, 2.24) is 9.21 Å². The molecule has 144 valence electrons. The number of aliphatic carboxylic acids is 1. The summed E-state index contributed by atoms with van der Waals surface area (Å²) in [5, 5.41) is 9.09. The summed E-state index contributed by atoms with van der Waals surface area (Å²) in [5.74, 6) is -1.78. The fraction of sp³-hybridized carbons (Fsp3) is 0.444. The third-order valence-corrected chi connectivity index (χ3v) is 5.30. The topological polar surface area (TPSA) is 95.0 Å². The third-order valence-electron chi connectivity index (χ3n) is 3.49. The highest BCUT2D eigenvalue weighted by atomic mass is 32.2. The van der Waals surface area contributed by atoms with Crippen molar-refractivity contribution in [3.63, 3.8) is 0 Å². The maximum absolute atomic E-state index is 12.7. The van der Waals surface area contributed by atoms with Crippen LogP contribution < -0.4 is 0 Å². The highest BCUT2D eigenvalue weighted by molar-refractivity contribution is 7.89. The minimum atomic E-state index is -4.09. The Labute approximate surface area is 155 Å². The quantitative estimate of drug-likeness (QED) is 0.670. The average molecular weight is 382 g/mol. The highest BCUT2D eigenvalue weighted by Gasteiger charge is 2.29. The number of carbonyl (C=O) groups is 2. The van der Waals surface area contributed by atoms with Gasteiger partial charge in [0.25, 0.3) is 0 Å². The fourth-order valence-corrected chi connectivity index (χ4v) is 3.62. The van der Waals surface area contributed by atoms with Crippen molar-refractivity contribution in [2.24, 2.45) is 0 Å². The second kappa shape index (κ2) is 10.1. The van der Waals surface area contributed by atoms with E-state index in [1.165, 1.54) is 17.0 Å². The normalized spacial score (nSPS) is 11.2. The molecule has 0 aliphatic carbocycles. The van der Waals surface area contributed by atoms with Crippen molar-refractivity contribution >= 4 is 21.9 Å². The van der Waals surface area contributed by atoms with E-state index in [2.05, 4.69) is 0 Å². The first-order valence-corrected chi connectivity index (χ1v) is 9.84. The Morgan fingerprint density at radius 3 is 2.23 bits per heavy atom. The molecule has 1 rings (SSSR count). The summed E-state index contributed by atoms with van der Waals surface area (Å²) >= 11 is 0. The maximum Gasteiger partial charge on any atom is 0.318 e. The molecule has 0 atom stereocenters. The van der Waals surface area contributed by atoms with Crippen molar-refractivity contribution in [3.05, 3.63) is 42.1 Å². The van der Waals surface area contributed by atoms with Crippen molar-refractivity contribution in [3.8, 4) is 0 Å². The van der Waals surface area contributed by atoms with Crippen LogP contribution in [-0.4, -0.2) is 54.2 Å². The van der Waals surface area contributed by atoms with Crippen molar-refractivity contribution < 1.29 is 23.1 Å². The van der Waals surface area contributed by atoms with E-state index in [0.29, 0.717) is 10.8 Å². The van der Waals surface area contributed by atoms with E-state index in [1.54, 1.807) is 24.4 Å². The number of carbonyl (C=O) groups excluding carboxylic acids is 1. The number of sulfonamides is 1. The second-order valence-electron chi connectivity index (χ2n) is 6.13. The first kappa shape index (κ1) is 21.9. The summed E-state index contributed by atoms with van der Waals surface area (Å²) in [4.78, 5) is 25.2. The standard InChI is InChI=1S/C18H26N2O5S/c1-4-5-11-19(12-15(2)3)17(21)13-20(14-18(22)23)26(24,25)16-9-7-6-8-10-16/h6-10,12H,4-5,11,13-14H2,1-3H3,(H,22,23). The molecule has 0 aliphatic rings. The molecule has 0 unspecified atom stereocenters. The summed E-state index contributed by atoms with van der Waals surface area (Å²) < 4.78 is 26.2. The Kier molecular flexibility index (Phi) is 8.47. The molecule has 0 aliphatic heterocycles. The van der Waals surface area contributed by atoms with Gasteiger partial charge < -0.3 is 10.0 Å². The van der Waals surface area contributed by atoms with Gasteiger partial charge >= 0.3 is 5.97 Å². The van der Waals surface area contributed by atoms with Gasteiger partial charge in [-0.2, -0.15) is 4.31 Å². The van der Waals surface area contributed by atoms with Gasteiger partial charge in [0.2, 0.25) is 15.9 Å². The number of carboxylic acid groups (broad SMARTS) is 1. The molecule has 0 saturated heterocycles. The molecule has 0 heterocycles. The molecule has 0 radical (unpaired) electrons. The van der Waals surface area contributed by atoms with Gasteiger partial charge in [-0.25, -0.2) is 8.42 Å². The minimum absolute atomic E-state index is 0.0450. The molecule has 1 aromatic carbocycles. The monoisotopic (exact) mass is 382 g/mol. The zero-order valence-electron chi connectivity index (χ0n) is 15.4. The van der Waals surface area contributed by atoms with Crippen LogP contribution >= 0.6 is 0 Å². The Morgan fingerprint density at radius 2 is 1.73 bits per heavy atom. The van der Waals surface area contributed by atoms with E-state index >= 15 is 0 Å². The largest absolute Gasteiger partial charge is 0.480 e. The molecule has 7 nitrogen and oxygen atoms in total. The van der Waals surface area contributed by atoms with Gasteiger partial charge in [0.1, 0.15) is 6.54 Å². The van der Waals surface area contributed by atoms with Crippen LogP contribution in [0.15, 0.2) is 47.0 Å². The number of nitrogens with zero attached hydrogens (tertiary/aromatic N) is 2. The molecular formula is C18H26N2O5S. The van der Waals surface area contributed by atoms with Crippen LogP contribution in [0.3, 0.4) is 0 Å². The van der Waals surface area contributed by atoms with E-state index in [1.807, 2.05) is 20.8 Å². The lowest BCUT2D eigenvalue weighted by molar-refractivity contribution is -0.137. The van der Waals surface area contributed by atoms with Crippen molar-refractivity contribution in [2.75, 3.05) is 19.6 Å². The van der Waals surface area contributed by atoms with E-state index in [4.69, 9.17) is 5.11 Å². The SMILES string of the molecule is CCCCN(C=C(C)C)C(=O)CN(CC(=O)O)S(=O)(=O)c1ccccc1. The lowest BCUT2D eigenvalue weighted by atomic mass is 10.3. The number of hydrogen-bond acceptors (Lipinski definition) is 4. The summed E-state index contributed by atoms with van der Waals surface area (Å²) in [6, 6.07) is 7.50. The number of amides is 1. The van der Waals surface area contributed by atoms with Gasteiger partial charge in [-0.05, 0) is 32.4 Å². The van der Waals surface area contributed by atoms with E-state index in [9.17, 15) is 18.0 Å². The Hall–Kier alpha value is -2.19. The van der Waals surface area contributed by atoms with E-state index < -0.39 is 35.0 Å². The van der Waals surface area contributed by atoms with Gasteiger partial charge in [0, 0.05) is 12.7 Å². The van der Waals surface area contributed by atoms with Crippen molar-refractivity contribution in [1.29, 1.82) is 0 Å². The second-order valence-corrected chi connectivity index (χ2v) is 8.06. The van der Waals surface area contributed by atoms with Gasteiger partial charge in [-0.1, -0.05) is 37.1 Å². The molecule has 26 heavy (non-hydrogen) atoms. The molecule has 0 fully saturated rings. The Bertz CT molecular complexity index is 740. The maximum atomic E-state index is 12.7. The van der Waals surface area contributed by atoms with Gasteiger partial charge in [0.05, 0.1) is 11.4 Å². The zero-order chi connectivity index (χ0) is 19.7. The Morgan fingerprint density at radius 1 is 1.12 bits per heavy atom. The molecule has 8 heteroatoms. The molecular weight excluding hydrogens is 356 g/mol. The van der Waals surface area contributed by atoms with Gasteiger partial charge in [-0.15, -0.1) is 0 Å². The molecule has 0 spiro atoms. The lowest BCUT2D eigenvalue weighted by Gasteiger charge is -2.24. The van der Waals surface area contributed by atoms with Crippen LogP contribution in [0.4, 0.5) is 0 Å². The molecule has 0 aromatic heterocycles. The number of unbranched alkanes of at least 4 members (excludes halogenated alkanes) is 1. The number of rotatable bonds is 10. The van der Waals surface area contributed by atoms with Crippen LogP contribution in [0.25, 0.3) is 0 Å². The van der Waals surface area contributed by atoms with Crippen LogP contribution in [-0.2, 0) is 19.6 Å². The van der Waals surface area contributed by atoms with Gasteiger partial charge in [0.15, 0.2) is 0 Å². The number of allylic oxidation sites excluding steroid dienone is 1. The molecule has 0 bridgehead atoms. The fourth-order valence-electron chi connectivity index (χ4n) is 2.26. The summed E-state index contributed by atoms with van der Waals surface area (Å²) in [5.41, 5.74) is 0.894. The highest BCUT2D eigenvalue weighted by Crippen LogP contribution is 2.15. The molecule has 1 N–H and O–H groups in total. The van der Waals surface area contributed by atoms with Crippen LogP contribution in [0.5, 0.6) is 0 Å². The minimum Gasteiger partial charge on any atom is -0.480 e. The first-order chi connectivity index (χ1) is 12.2. The average Bonchev–Trinajstić information content (AvgIpc) is 2.58. The van der Waals surface area contributed by atoms with Crippen molar-refractivity contribution in [2.45, 2.75) is 38.5 Å².